The van der Waals surface area contributed by atoms with Crippen molar-refractivity contribution in [2.75, 3.05) is 0 Å². The van der Waals surface area contributed by atoms with Gasteiger partial charge in [-0.15, -0.1) is 0 Å². The summed E-state index contributed by atoms with van der Waals surface area (Å²) >= 11 is 3.62. The van der Waals surface area contributed by atoms with Crippen LogP contribution in [0.1, 0.15) is 39.7 Å². The predicted molar refractivity (Wildman–Crippen MR) is 113 cm³/mol. The van der Waals surface area contributed by atoms with Gasteiger partial charge < -0.3 is 22.0 Å². The maximum atomic E-state index is 9.75. The third-order valence-corrected chi connectivity index (χ3v) is 6.04. The Morgan fingerprint density at radius 3 is 2.39 bits per heavy atom. The van der Waals surface area contributed by atoms with Gasteiger partial charge in [-0.3, -0.25) is 0 Å². The molecule has 0 saturated heterocycles. The Hall–Kier alpha value is -2.20. The minimum Gasteiger partial charge on any atom is -0.418 e. The summed E-state index contributed by atoms with van der Waals surface area (Å²) in [5, 5.41) is 4.87. The van der Waals surface area contributed by atoms with E-state index < -0.39 is 7.25 Å². The second-order valence-electron chi connectivity index (χ2n) is 7.97. The van der Waals surface area contributed by atoms with Crippen LogP contribution in [0.3, 0.4) is 0 Å². The number of nitrogens with zero attached hydrogens (tertiary/aromatic N) is 3. The molecule has 0 unspecified atom stereocenters. The minimum absolute atomic E-state index is 0.190. The summed E-state index contributed by atoms with van der Waals surface area (Å²) < 4.78 is 50.6. The summed E-state index contributed by atoms with van der Waals surface area (Å²) in [5.74, 6) is 0.985. The molecule has 164 valence electrons. The van der Waals surface area contributed by atoms with Crippen molar-refractivity contribution in [2.45, 2.75) is 45.9 Å². The molecule has 3 aromatic rings. The lowest BCUT2D eigenvalue weighted by Gasteiger charge is -2.23. The Morgan fingerprint density at radius 2 is 1.74 bits per heavy atom. The van der Waals surface area contributed by atoms with E-state index in [1.54, 1.807) is 0 Å². The van der Waals surface area contributed by atoms with Gasteiger partial charge in [-0.1, -0.05) is 44.4 Å². The number of rotatable bonds is 1. The largest absolute Gasteiger partial charge is 0.673 e. The molecule has 0 fully saturated rings. The molecule has 2 atom stereocenters. The third kappa shape index (κ3) is 4.55. The summed E-state index contributed by atoms with van der Waals surface area (Å²) in [7, 11) is -6.00. The number of halogens is 5. The van der Waals surface area contributed by atoms with Crippen molar-refractivity contribution in [2.24, 2.45) is 0 Å². The highest BCUT2D eigenvalue weighted by molar-refractivity contribution is 9.10. The van der Waals surface area contributed by atoms with Crippen LogP contribution in [-0.2, 0) is 17.8 Å². The highest BCUT2D eigenvalue weighted by Gasteiger charge is 2.43. The molecule has 1 aliphatic carbocycles. The van der Waals surface area contributed by atoms with Gasteiger partial charge in [0.05, 0.1) is 0 Å². The normalized spacial score (nSPS) is 19.2. The standard InChI is InChI=1S/C21H21BrN3O.BF4/c1-12-6-13(2)20(14(3)7-12)25-11-24-19(23-25)10-26-18-8-15-4-5-16(22)9-17(15)21(18)24;2-1(3,4)5/h4-7,9,11,18,21H,8,10H2,1-3H3;/q+1;-1/t18-,21+;/m1./s1. The zero-order valence-electron chi connectivity index (χ0n) is 17.3. The van der Waals surface area contributed by atoms with Gasteiger partial charge in [0.15, 0.2) is 0 Å². The van der Waals surface area contributed by atoms with Crippen molar-refractivity contribution in [3.63, 3.8) is 0 Å². The van der Waals surface area contributed by atoms with Gasteiger partial charge in [-0.2, -0.15) is 0 Å². The van der Waals surface area contributed by atoms with Gasteiger partial charge in [0.2, 0.25) is 6.33 Å². The van der Waals surface area contributed by atoms with E-state index >= 15 is 0 Å². The first-order valence-corrected chi connectivity index (χ1v) is 10.7. The van der Waals surface area contributed by atoms with Crippen LogP contribution in [-0.4, -0.2) is 23.1 Å². The van der Waals surface area contributed by atoms with Gasteiger partial charge in [0.25, 0.3) is 0 Å². The first-order valence-electron chi connectivity index (χ1n) is 9.86. The maximum absolute atomic E-state index is 9.75. The first kappa shape index (κ1) is 22.0. The number of ether oxygens (including phenoxy) is 1. The molecule has 0 radical (unpaired) electrons. The number of benzene rings is 2. The summed E-state index contributed by atoms with van der Waals surface area (Å²) in [5.41, 5.74) is 7.66. The fourth-order valence-corrected chi connectivity index (χ4v) is 4.96. The molecule has 0 spiro atoms. The Balaban J connectivity index is 0.000000418. The van der Waals surface area contributed by atoms with E-state index in [-0.39, 0.29) is 12.1 Å². The van der Waals surface area contributed by atoms with Crippen LogP contribution in [0.4, 0.5) is 17.3 Å². The molecule has 31 heavy (non-hydrogen) atoms. The van der Waals surface area contributed by atoms with E-state index in [9.17, 15) is 17.3 Å². The Kier molecular flexibility index (Phi) is 5.72. The molecular weight excluding hydrogens is 477 g/mol. The van der Waals surface area contributed by atoms with E-state index in [2.05, 4.69) is 77.9 Å². The molecule has 0 amide bonds. The zero-order valence-corrected chi connectivity index (χ0v) is 18.8. The highest BCUT2D eigenvalue weighted by atomic mass is 79.9. The lowest BCUT2D eigenvalue weighted by molar-refractivity contribution is -0.739. The van der Waals surface area contributed by atoms with Crippen molar-refractivity contribution in [1.82, 2.24) is 9.78 Å². The molecular formula is C21H21BBrF4N3O. The molecule has 0 saturated carbocycles. The van der Waals surface area contributed by atoms with Crippen LogP contribution >= 0.6 is 15.9 Å². The topological polar surface area (TPSA) is 30.9 Å². The molecule has 2 heterocycles. The lowest BCUT2D eigenvalue weighted by atomic mass is 10.1. The number of hydrogen-bond acceptors (Lipinski definition) is 2. The van der Waals surface area contributed by atoms with Gasteiger partial charge in [0.1, 0.15) is 24.4 Å². The quantitative estimate of drug-likeness (QED) is 0.263. The maximum Gasteiger partial charge on any atom is 0.673 e. The van der Waals surface area contributed by atoms with Crippen molar-refractivity contribution < 1.29 is 26.6 Å². The summed E-state index contributed by atoms with van der Waals surface area (Å²) in [6, 6.07) is 11.2. The van der Waals surface area contributed by atoms with Gasteiger partial charge in [0, 0.05) is 16.0 Å². The average Bonchev–Trinajstić information content (AvgIpc) is 3.19. The molecule has 1 aliphatic heterocycles. The van der Waals surface area contributed by atoms with Crippen LogP contribution in [0.25, 0.3) is 5.69 Å². The Morgan fingerprint density at radius 1 is 1.10 bits per heavy atom. The highest BCUT2D eigenvalue weighted by Crippen LogP contribution is 2.37. The van der Waals surface area contributed by atoms with Crippen molar-refractivity contribution >= 4 is 23.2 Å². The van der Waals surface area contributed by atoms with Crippen molar-refractivity contribution in [3.05, 3.63) is 74.8 Å². The van der Waals surface area contributed by atoms with Gasteiger partial charge in [-0.25, -0.2) is 4.57 Å². The van der Waals surface area contributed by atoms with Crippen LogP contribution in [0.5, 0.6) is 0 Å². The van der Waals surface area contributed by atoms with Crippen molar-refractivity contribution in [3.8, 4) is 5.69 Å². The smallest absolute Gasteiger partial charge is 0.418 e. The van der Waals surface area contributed by atoms with Gasteiger partial charge >= 0.3 is 13.1 Å². The molecule has 5 rings (SSSR count). The van der Waals surface area contributed by atoms with Crippen LogP contribution in [0.2, 0.25) is 0 Å². The SMILES string of the molecule is Cc1cc(C)c(-n2c[n+]3c(n2)CO[C@@H]2Cc4ccc(Br)cc4[C@@H]23)c(C)c1.F[B-](F)(F)F. The van der Waals surface area contributed by atoms with E-state index in [4.69, 9.17) is 9.84 Å². The monoisotopic (exact) mass is 497 g/mol. The number of fused-ring (bicyclic) bond motifs is 5. The number of hydrogen-bond donors (Lipinski definition) is 0. The summed E-state index contributed by atoms with van der Waals surface area (Å²) in [6.07, 6.45) is 3.30. The third-order valence-electron chi connectivity index (χ3n) is 5.55. The van der Waals surface area contributed by atoms with E-state index in [1.165, 1.54) is 33.5 Å². The van der Waals surface area contributed by atoms with Crippen LogP contribution in [0, 0.1) is 20.8 Å². The number of aromatic nitrogens is 3. The molecule has 1 aromatic heterocycles. The van der Waals surface area contributed by atoms with Crippen LogP contribution in [0.15, 0.2) is 41.1 Å². The second kappa shape index (κ2) is 8.05. The molecule has 0 bridgehead atoms. The van der Waals surface area contributed by atoms with E-state index in [1.807, 2.05) is 4.68 Å². The number of aryl methyl sites for hydroxylation is 3. The molecule has 10 heteroatoms. The Labute approximate surface area is 186 Å². The first-order chi connectivity index (χ1) is 14.5. The average molecular weight is 498 g/mol. The van der Waals surface area contributed by atoms with Crippen molar-refractivity contribution in [1.29, 1.82) is 0 Å². The van der Waals surface area contributed by atoms with E-state index in [0.717, 1.165) is 16.7 Å². The predicted octanol–water partition coefficient (Wildman–Crippen LogP) is 5.19. The fourth-order valence-electron chi connectivity index (χ4n) is 4.58. The zero-order chi connectivity index (χ0) is 22.5. The molecule has 2 aromatic carbocycles. The molecule has 2 aliphatic rings. The molecule has 4 nitrogen and oxygen atoms in total. The lowest BCUT2D eigenvalue weighted by Crippen LogP contribution is -2.51. The summed E-state index contributed by atoms with van der Waals surface area (Å²) in [6.45, 7) is 7.01. The van der Waals surface area contributed by atoms with Gasteiger partial charge in [-0.05, 0) is 55.2 Å². The minimum atomic E-state index is -6.00. The van der Waals surface area contributed by atoms with Crippen LogP contribution < -0.4 is 4.57 Å². The van der Waals surface area contributed by atoms with E-state index in [0.29, 0.717) is 6.61 Å². The fraction of sp³-hybridized carbons (Fsp3) is 0.333. The Bertz CT molecular complexity index is 1120. The molecule has 0 N–H and O–H groups in total. The second-order valence-corrected chi connectivity index (χ2v) is 8.88. The summed E-state index contributed by atoms with van der Waals surface area (Å²) in [4.78, 5) is 0.